The minimum atomic E-state index is 0.468. The molecular weight excluding hydrogens is 258 g/mol. The average molecular weight is 285 g/mol. The van der Waals surface area contributed by atoms with E-state index in [1.165, 1.54) is 54.5 Å². The van der Waals surface area contributed by atoms with Gasteiger partial charge in [0.1, 0.15) is 0 Å². The molecule has 0 saturated carbocycles. The van der Waals surface area contributed by atoms with Gasteiger partial charge in [0.05, 0.1) is 5.52 Å². The van der Waals surface area contributed by atoms with Gasteiger partial charge in [-0.15, -0.1) is 0 Å². The normalized spacial score (nSPS) is 17.0. The van der Waals surface area contributed by atoms with Gasteiger partial charge in [0.15, 0.2) is 0 Å². The van der Waals surface area contributed by atoms with Crippen molar-refractivity contribution in [2.24, 2.45) is 5.73 Å². The number of nitrogens with zero attached hydrogens (tertiary/aromatic N) is 2. The molecule has 0 radical (unpaired) electrons. The second kappa shape index (κ2) is 6.20. The molecule has 0 bridgehead atoms. The molecule has 1 aliphatic heterocycles. The van der Waals surface area contributed by atoms with Crippen LogP contribution in [-0.4, -0.2) is 22.6 Å². The molecule has 114 valence electrons. The van der Waals surface area contributed by atoms with Crippen molar-refractivity contribution in [3.63, 3.8) is 0 Å². The number of para-hydroxylation sites is 1. The molecule has 1 saturated heterocycles. The van der Waals surface area contributed by atoms with E-state index >= 15 is 0 Å². The van der Waals surface area contributed by atoms with E-state index in [1.54, 1.807) is 0 Å². The summed E-state index contributed by atoms with van der Waals surface area (Å²) in [6.07, 6.45) is 4.08. The molecule has 0 spiro atoms. The standard InChI is InChI=1S/C18H27N3/c1-14(2)21-17(13-20-9-4-3-5-10-20)11-15-7-6-8-16(12-19)18(15)21/h6-8,11,14H,3-5,9-10,12-13,19H2,1-2H3. The van der Waals surface area contributed by atoms with E-state index in [1.807, 2.05) is 0 Å². The smallest absolute Gasteiger partial charge is 0.0530 e. The zero-order valence-electron chi connectivity index (χ0n) is 13.3. The number of aromatic nitrogens is 1. The van der Waals surface area contributed by atoms with Crippen molar-refractivity contribution < 1.29 is 0 Å². The van der Waals surface area contributed by atoms with Crippen molar-refractivity contribution >= 4 is 10.9 Å². The number of hydrogen-bond donors (Lipinski definition) is 1. The minimum Gasteiger partial charge on any atom is -0.341 e. The molecule has 3 heteroatoms. The number of rotatable bonds is 4. The Kier molecular flexibility index (Phi) is 4.32. The fraction of sp³-hybridized carbons (Fsp3) is 0.556. The van der Waals surface area contributed by atoms with Gasteiger partial charge in [-0.05, 0) is 51.4 Å². The van der Waals surface area contributed by atoms with Gasteiger partial charge in [0.2, 0.25) is 0 Å². The van der Waals surface area contributed by atoms with E-state index in [0.29, 0.717) is 12.6 Å². The number of hydrogen-bond acceptors (Lipinski definition) is 2. The molecule has 2 heterocycles. The molecule has 2 N–H and O–H groups in total. The van der Waals surface area contributed by atoms with Gasteiger partial charge < -0.3 is 10.3 Å². The second-order valence-corrected chi connectivity index (χ2v) is 6.50. The molecule has 0 atom stereocenters. The molecule has 3 rings (SSSR count). The highest BCUT2D eigenvalue weighted by Gasteiger charge is 2.17. The predicted molar refractivity (Wildman–Crippen MR) is 89.3 cm³/mol. The number of likely N-dealkylation sites (tertiary alicyclic amines) is 1. The fourth-order valence-electron chi connectivity index (χ4n) is 3.64. The molecule has 0 amide bonds. The first-order valence-electron chi connectivity index (χ1n) is 8.25. The number of piperidine rings is 1. The molecule has 3 nitrogen and oxygen atoms in total. The molecule has 1 aromatic heterocycles. The Balaban J connectivity index is 2.02. The summed E-state index contributed by atoms with van der Waals surface area (Å²) in [7, 11) is 0. The number of fused-ring (bicyclic) bond motifs is 1. The quantitative estimate of drug-likeness (QED) is 0.930. The van der Waals surface area contributed by atoms with E-state index < -0.39 is 0 Å². The maximum atomic E-state index is 5.95. The molecule has 2 aromatic rings. The van der Waals surface area contributed by atoms with Crippen LogP contribution in [0, 0.1) is 0 Å². The van der Waals surface area contributed by atoms with Crippen molar-refractivity contribution in [1.29, 1.82) is 0 Å². The van der Waals surface area contributed by atoms with Crippen LogP contribution in [0.2, 0.25) is 0 Å². The fourth-order valence-corrected chi connectivity index (χ4v) is 3.64. The summed E-state index contributed by atoms with van der Waals surface area (Å²) >= 11 is 0. The predicted octanol–water partition coefficient (Wildman–Crippen LogP) is 3.67. The van der Waals surface area contributed by atoms with Crippen LogP contribution in [0.15, 0.2) is 24.3 Å². The third kappa shape index (κ3) is 2.85. The maximum absolute atomic E-state index is 5.95. The Bertz CT molecular complexity index is 606. The van der Waals surface area contributed by atoms with Gasteiger partial charge in [-0.3, -0.25) is 4.90 Å². The van der Waals surface area contributed by atoms with E-state index in [9.17, 15) is 0 Å². The minimum absolute atomic E-state index is 0.468. The summed E-state index contributed by atoms with van der Waals surface area (Å²) in [4.78, 5) is 2.60. The van der Waals surface area contributed by atoms with Crippen LogP contribution in [0.5, 0.6) is 0 Å². The van der Waals surface area contributed by atoms with E-state index in [4.69, 9.17) is 5.73 Å². The van der Waals surface area contributed by atoms with E-state index in [0.717, 1.165) is 6.54 Å². The van der Waals surface area contributed by atoms with Crippen molar-refractivity contribution in [1.82, 2.24) is 9.47 Å². The summed E-state index contributed by atoms with van der Waals surface area (Å²) in [5.41, 5.74) is 9.98. The summed E-state index contributed by atoms with van der Waals surface area (Å²) < 4.78 is 2.49. The van der Waals surface area contributed by atoms with Crippen LogP contribution in [0.3, 0.4) is 0 Å². The largest absolute Gasteiger partial charge is 0.341 e. The van der Waals surface area contributed by atoms with Crippen LogP contribution in [0.25, 0.3) is 10.9 Å². The van der Waals surface area contributed by atoms with Crippen LogP contribution >= 0.6 is 0 Å². The second-order valence-electron chi connectivity index (χ2n) is 6.50. The van der Waals surface area contributed by atoms with Crippen molar-refractivity contribution in [3.8, 4) is 0 Å². The summed E-state index contributed by atoms with van der Waals surface area (Å²) in [6, 6.07) is 9.33. The van der Waals surface area contributed by atoms with E-state index in [2.05, 4.69) is 47.6 Å². The van der Waals surface area contributed by atoms with Crippen molar-refractivity contribution in [2.45, 2.75) is 52.2 Å². The Labute approximate surface area is 127 Å². The third-order valence-corrected chi connectivity index (χ3v) is 4.59. The topological polar surface area (TPSA) is 34.2 Å². The highest BCUT2D eigenvalue weighted by molar-refractivity contribution is 5.84. The van der Waals surface area contributed by atoms with Crippen LogP contribution < -0.4 is 5.73 Å². The summed E-state index contributed by atoms with van der Waals surface area (Å²) in [5, 5.41) is 1.33. The van der Waals surface area contributed by atoms with Crippen molar-refractivity contribution in [3.05, 3.63) is 35.5 Å². The zero-order valence-corrected chi connectivity index (χ0v) is 13.3. The Morgan fingerprint density at radius 3 is 2.57 bits per heavy atom. The summed E-state index contributed by atoms with van der Waals surface area (Å²) in [6.45, 7) is 8.69. The van der Waals surface area contributed by atoms with Crippen LogP contribution in [0.1, 0.15) is 50.4 Å². The maximum Gasteiger partial charge on any atom is 0.0530 e. The monoisotopic (exact) mass is 285 g/mol. The Morgan fingerprint density at radius 2 is 1.90 bits per heavy atom. The van der Waals surface area contributed by atoms with Crippen molar-refractivity contribution in [2.75, 3.05) is 13.1 Å². The SMILES string of the molecule is CC(C)n1c(CN2CCCCC2)cc2cccc(CN)c21. The van der Waals surface area contributed by atoms with Gasteiger partial charge in [0, 0.05) is 30.2 Å². The highest BCUT2D eigenvalue weighted by Crippen LogP contribution is 2.28. The lowest BCUT2D eigenvalue weighted by atomic mass is 10.1. The summed E-state index contributed by atoms with van der Waals surface area (Å²) in [5.74, 6) is 0. The number of nitrogens with two attached hydrogens (primary N) is 1. The highest BCUT2D eigenvalue weighted by atomic mass is 15.2. The molecule has 1 aliphatic rings. The number of benzene rings is 1. The lowest BCUT2D eigenvalue weighted by molar-refractivity contribution is 0.215. The first-order valence-corrected chi connectivity index (χ1v) is 8.25. The first-order chi connectivity index (χ1) is 10.2. The average Bonchev–Trinajstić information content (AvgIpc) is 2.86. The molecule has 1 aromatic carbocycles. The van der Waals surface area contributed by atoms with Gasteiger partial charge in [-0.2, -0.15) is 0 Å². The van der Waals surface area contributed by atoms with Crippen LogP contribution in [-0.2, 0) is 13.1 Å². The third-order valence-electron chi connectivity index (χ3n) is 4.59. The van der Waals surface area contributed by atoms with Gasteiger partial charge >= 0.3 is 0 Å². The first kappa shape index (κ1) is 14.6. The van der Waals surface area contributed by atoms with E-state index in [-0.39, 0.29) is 0 Å². The zero-order chi connectivity index (χ0) is 14.8. The molecule has 0 unspecified atom stereocenters. The Hall–Kier alpha value is -1.32. The lowest BCUT2D eigenvalue weighted by Gasteiger charge is -2.27. The van der Waals surface area contributed by atoms with Gasteiger partial charge in [0.25, 0.3) is 0 Å². The molecule has 21 heavy (non-hydrogen) atoms. The molecular formula is C18H27N3. The van der Waals surface area contributed by atoms with Gasteiger partial charge in [-0.25, -0.2) is 0 Å². The lowest BCUT2D eigenvalue weighted by Crippen LogP contribution is -2.30. The van der Waals surface area contributed by atoms with Crippen LogP contribution in [0.4, 0.5) is 0 Å². The molecule has 0 aliphatic carbocycles. The Morgan fingerprint density at radius 1 is 1.14 bits per heavy atom. The molecule has 1 fully saturated rings. The van der Waals surface area contributed by atoms with Gasteiger partial charge in [-0.1, -0.05) is 24.6 Å².